The van der Waals surface area contributed by atoms with Crippen molar-refractivity contribution in [2.75, 3.05) is 19.7 Å². The second kappa shape index (κ2) is 21.0. The Balaban J connectivity index is 5.32. The Hall–Kier alpha value is -1.29. The first-order chi connectivity index (χ1) is 16.2. The molecule has 0 unspecified atom stereocenters. The number of aliphatic hydroxyl groups excluding tert-OH is 4. The first-order valence-electron chi connectivity index (χ1n) is 12.9. The van der Waals surface area contributed by atoms with Crippen molar-refractivity contribution in [2.45, 2.75) is 115 Å². The van der Waals surface area contributed by atoms with E-state index in [0.29, 0.717) is 19.4 Å². The summed E-state index contributed by atoms with van der Waals surface area (Å²) in [6.45, 7) is 6.64. The molecule has 34 heavy (non-hydrogen) atoms. The summed E-state index contributed by atoms with van der Waals surface area (Å²) in [6.07, 6.45) is 10.7. The lowest BCUT2D eigenvalue weighted by Crippen LogP contribution is -2.37. The molecule has 0 aromatic rings. The molecule has 0 bridgehead atoms. The molecular formula is C26H50N2O6. The highest BCUT2D eigenvalue weighted by molar-refractivity contribution is 5.66. The van der Waals surface area contributed by atoms with E-state index < -0.39 is 24.3 Å². The Morgan fingerprint density at radius 1 is 0.971 bits per heavy atom. The number of hydrogen-bond acceptors (Lipinski definition) is 7. The number of hydrogen-bond donors (Lipinski definition) is 7. The number of aliphatic hydroxyl groups is 4. The second-order valence-electron chi connectivity index (χ2n) is 9.16. The fraction of sp³-hybridized carbons (Fsp3) is 0.808. The van der Waals surface area contributed by atoms with Crippen LogP contribution < -0.4 is 10.6 Å². The predicted molar refractivity (Wildman–Crippen MR) is 137 cm³/mol. The number of nitrogens with one attached hydrogen (secondary N) is 2. The summed E-state index contributed by atoms with van der Waals surface area (Å²) in [7, 11) is 0. The predicted octanol–water partition coefficient (Wildman–Crippen LogP) is 2.51. The highest BCUT2D eigenvalue weighted by Crippen LogP contribution is 2.19. The van der Waals surface area contributed by atoms with Gasteiger partial charge in [0.1, 0.15) is 0 Å². The monoisotopic (exact) mass is 486 g/mol. The summed E-state index contributed by atoms with van der Waals surface area (Å²) < 4.78 is 0. The maximum Gasteiger partial charge on any atom is 0.303 e. The summed E-state index contributed by atoms with van der Waals surface area (Å²) in [4.78, 5) is 10.9. The lowest BCUT2D eigenvalue weighted by atomic mass is 9.93. The van der Waals surface area contributed by atoms with Gasteiger partial charge in [0.2, 0.25) is 0 Å². The van der Waals surface area contributed by atoms with Crippen LogP contribution in [0.2, 0.25) is 0 Å². The Morgan fingerprint density at radius 2 is 1.71 bits per heavy atom. The fourth-order valence-corrected chi connectivity index (χ4v) is 3.90. The lowest BCUT2D eigenvalue weighted by Gasteiger charge is -2.25. The Bertz CT molecular complexity index is 567. The summed E-state index contributed by atoms with van der Waals surface area (Å²) in [5, 5.41) is 55.1. The van der Waals surface area contributed by atoms with E-state index in [0.717, 1.165) is 50.6 Å². The van der Waals surface area contributed by atoms with Gasteiger partial charge in [0.15, 0.2) is 0 Å². The number of carbonyl (C=O) groups is 1. The van der Waals surface area contributed by atoms with Crippen LogP contribution in [0.3, 0.4) is 0 Å². The smallest absolute Gasteiger partial charge is 0.303 e. The SMILES string of the molecule is CCCCC[C@H](O)/C=C/C=C(\C[C@H](O)CO)[C@H](CCC[C@H](CCC(=O)O)NCC)NC[C@H](C)O. The van der Waals surface area contributed by atoms with Gasteiger partial charge >= 0.3 is 5.97 Å². The summed E-state index contributed by atoms with van der Waals surface area (Å²) in [5.74, 6) is -0.800. The van der Waals surface area contributed by atoms with Crippen molar-refractivity contribution in [3.63, 3.8) is 0 Å². The molecule has 0 rings (SSSR count). The van der Waals surface area contributed by atoms with E-state index in [4.69, 9.17) is 5.11 Å². The van der Waals surface area contributed by atoms with Gasteiger partial charge in [0, 0.05) is 25.0 Å². The van der Waals surface area contributed by atoms with Gasteiger partial charge in [-0.2, -0.15) is 0 Å². The van der Waals surface area contributed by atoms with Crippen LogP contribution in [-0.2, 0) is 4.79 Å². The lowest BCUT2D eigenvalue weighted by molar-refractivity contribution is -0.137. The first kappa shape index (κ1) is 32.7. The van der Waals surface area contributed by atoms with Crippen molar-refractivity contribution in [1.29, 1.82) is 0 Å². The summed E-state index contributed by atoms with van der Waals surface area (Å²) in [6, 6.07) is -0.00780. The van der Waals surface area contributed by atoms with Crippen molar-refractivity contribution in [3.05, 3.63) is 23.8 Å². The molecule has 0 radical (unpaired) electrons. The number of carboxylic acid groups (broad SMARTS) is 1. The van der Waals surface area contributed by atoms with Crippen molar-refractivity contribution in [3.8, 4) is 0 Å². The molecule has 8 heteroatoms. The number of carboxylic acids is 1. The zero-order chi connectivity index (χ0) is 25.8. The molecule has 0 aliphatic heterocycles. The quantitative estimate of drug-likeness (QED) is 0.0914. The first-order valence-corrected chi connectivity index (χ1v) is 12.9. The topological polar surface area (TPSA) is 142 Å². The normalized spacial score (nSPS) is 17.0. The molecule has 0 saturated carbocycles. The molecule has 0 aromatic carbocycles. The number of allylic oxidation sites excluding steroid dienone is 2. The molecule has 0 spiro atoms. The molecule has 5 atom stereocenters. The largest absolute Gasteiger partial charge is 0.481 e. The van der Waals surface area contributed by atoms with Gasteiger partial charge in [-0.3, -0.25) is 4.79 Å². The van der Waals surface area contributed by atoms with E-state index in [1.165, 1.54) is 0 Å². The van der Waals surface area contributed by atoms with Gasteiger partial charge in [0.05, 0.1) is 24.9 Å². The average molecular weight is 487 g/mol. The average Bonchev–Trinajstić information content (AvgIpc) is 2.78. The Morgan fingerprint density at radius 3 is 2.29 bits per heavy atom. The van der Waals surface area contributed by atoms with Gasteiger partial charge < -0.3 is 36.2 Å². The Labute approximate surface area is 206 Å². The molecule has 0 amide bonds. The second-order valence-corrected chi connectivity index (χ2v) is 9.16. The third-order valence-corrected chi connectivity index (χ3v) is 5.78. The van der Waals surface area contributed by atoms with Crippen molar-refractivity contribution >= 4 is 5.97 Å². The molecule has 200 valence electrons. The third kappa shape index (κ3) is 18.1. The summed E-state index contributed by atoms with van der Waals surface area (Å²) >= 11 is 0. The van der Waals surface area contributed by atoms with Gasteiger partial charge in [-0.05, 0) is 45.6 Å². The molecule has 0 fully saturated rings. The molecule has 0 heterocycles. The van der Waals surface area contributed by atoms with Crippen LogP contribution in [0.15, 0.2) is 23.8 Å². The minimum absolute atomic E-state index is 0.118. The van der Waals surface area contributed by atoms with Gasteiger partial charge in [-0.25, -0.2) is 0 Å². The van der Waals surface area contributed by atoms with Crippen LogP contribution in [-0.4, -0.2) is 81.6 Å². The van der Waals surface area contributed by atoms with Crippen molar-refractivity contribution in [1.82, 2.24) is 10.6 Å². The number of unbranched alkanes of at least 4 members (excludes halogenated alkanes) is 2. The zero-order valence-electron chi connectivity index (χ0n) is 21.5. The van der Waals surface area contributed by atoms with Gasteiger partial charge in [0.25, 0.3) is 0 Å². The highest BCUT2D eigenvalue weighted by Gasteiger charge is 2.19. The minimum Gasteiger partial charge on any atom is -0.481 e. The van der Waals surface area contributed by atoms with Crippen molar-refractivity contribution < 1.29 is 30.3 Å². The standard InChI is InChI=1S/C26H50N2O6/c1-4-6-7-12-23(31)13-8-10-21(17-24(32)19-29)25(28-18-20(3)30)14-9-11-22(27-5-2)15-16-26(33)34/h8,10,13,20,22-25,27-32H,4-7,9,11-12,14-19H2,1-3H3,(H,33,34)/b13-8+,21-10+/t20-,22+,23-,24-,25-/m0/s1. The molecule has 7 N–H and O–H groups in total. The van der Waals surface area contributed by atoms with E-state index in [1.54, 1.807) is 19.1 Å². The fourth-order valence-electron chi connectivity index (χ4n) is 3.90. The molecule has 8 nitrogen and oxygen atoms in total. The Kier molecular flexibility index (Phi) is 20.2. The minimum atomic E-state index is -0.893. The molecule has 0 aliphatic rings. The number of aliphatic carboxylic acids is 1. The van der Waals surface area contributed by atoms with Crippen LogP contribution >= 0.6 is 0 Å². The van der Waals surface area contributed by atoms with Crippen LogP contribution in [0, 0.1) is 0 Å². The number of rotatable bonds is 22. The maximum atomic E-state index is 10.9. The molecule has 0 saturated heterocycles. The van der Waals surface area contributed by atoms with E-state index in [9.17, 15) is 25.2 Å². The van der Waals surface area contributed by atoms with E-state index in [-0.39, 0.29) is 31.5 Å². The highest BCUT2D eigenvalue weighted by atomic mass is 16.4. The molecular weight excluding hydrogens is 436 g/mol. The van der Waals surface area contributed by atoms with Crippen LogP contribution in [0.25, 0.3) is 0 Å². The molecule has 0 aromatic heterocycles. The van der Waals surface area contributed by atoms with Crippen LogP contribution in [0.5, 0.6) is 0 Å². The molecule has 0 aliphatic carbocycles. The third-order valence-electron chi connectivity index (χ3n) is 5.78. The van der Waals surface area contributed by atoms with E-state index in [2.05, 4.69) is 17.6 Å². The van der Waals surface area contributed by atoms with Crippen molar-refractivity contribution in [2.24, 2.45) is 0 Å². The van der Waals surface area contributed by atoms with E-state index >= 15 is 0 Å². The zero-order valence-corrected chi connectivity index (χ0v) is 21.5. The summed E-state index contributed by atoms with van der Waals surface area (Å²) in [5.41, 5.74) is 0.893. The van der Waals surface area contributed by atoms with Crippen LogP contribution in [0.1, 0.15) is 85.0 Å². The maximum absolute atomic E-state index is 10.9. The van der Waals surface area contributed by atoms with E-state index in [1.807, 2.05) is 13.0 Å². The van der Waals surface area contributed by atoms with Gasteiger partial charge in [-0.15, -0.1) is 0 Å². The van der Waals surface area contributed by atoms with Crippen LogP contribution in [0.4, 0.5) is 0 Å². The van der Waals surface area contributed by atoms with Gasteiger partial charge in [-0.1, -0.05) is 63.3 Å².